The Hall–Kier alpha value is 0.177. The van der Waals surface area contributed by atoms with Crippen LogP contribution in [0.2, 0.25) is 5.04 Å². The highest BCUT2D eigenvalue weighted by Crippen LogP contribution is 2.62. The number of hydrogen-bond acceptors (Lipinski definition) is 1. The van der Waals surface area contributed by atoms with Crippen molar-refractivity contribution in [2.45, 2.75) is 90.0 Å². The lowest BCUT2D eigenvalue weighted by molar-refractivity contribution is 0.0683. The van der Waals surface area contributed by atoms with Crippen LogP contribution in [0.15, 0.2) is 0 Å². The van der Waals surface area contributed by atoms with Crippen molar-refractivity contribution in [1.29, 1.82) is 0 Å². The van der Waals surface area contributed by atoms with Gasteiger partial charge in [-0.15, -0.1) is 0 Å². The Balaban J connectivity index is 2.99. The topological polar surface area (TPSA) is 20.2 Å². The van der Waals surface area contributed by atoms with Crippen molar-refractivity contribution >= 4 is 9.76 Å². The summed E-state index contributed by atoms with van der Waals surface area (Å²) in [6, 6.07) is 0. The SMILES string of the molecule is CCCC1(CCC)CCCCC1(CCC)[SiH2]O. The second kappa shape index (κ2) is 6.94. The third-order valence-corrected chi connectivity index (χ3v) is 7.24. The summed E-state index contributed by atoms with van der Waals surface area (Å²) in [4.78, 5) is 10.2. The molecule has 0 heterocycles. The van der Waals surface area contributed by atoms with Gasteiger partial charge < -0.3 is 4.80 Å². The van der Waals surface area contributed by atoms with Gasteiger partial charge in [0.25, 0.3) is 0 Å². The van der Waals surface area contributed by atoms with Crippen LogP contribution in [-0.2, 0) is 0 Å². The normalized spacial score (nSPS) is 28.9. The Bertz CT molecular complexity index is 201. The van der Waals surface area contributed by atoms with E-state index in [0.717, 1.165) is 0 Å². The van der Waals surface area contributed by atoms with Gasteiger partial charge in [-0.2, -0.15) is 0 Å². The van der Waals surface area contributed by atoms with Gasteiger partial charge in [-0.25, -0.2) is 0 Å². The van der Waals surface area contributed by atoms with E-state index in [1.54, 1.807) is 0 Å². The first-order valence-corrected chi connectivity index (χ1v) is 9.15. The summed E-state index contributed by atoms with van der Waals surface area (Å²) in [5, 5.41) is 0.381. The first-order chi connectivity index (χ1) is 8.20. The Labute approximate surface area is 110 Å². The van der Waals surface area contributed by atoms with Gasteiger partial charge >= 0.3 is 0 Å². The molecular formula is C15H32OSi. The molecule has 0 aromatic rings. The van der Waals surface area contributed by atoms with Crippen LogP contribution < -0.4 is 0 Å². The minimum absolute atomic E-state index is 0.381. The van der Waals surface area contributed by atoms with Crippen LogP contribution in [0.5, 0.6) is 0 Å². The van der Waals surface area contributed by atoms with Crippen LogP contribution in [0.3, 0.4) is 0 Å². The molecule has 0 aliphatic heterocycles. The molecule has 0 saturated heterocycles. The molecule has 2 heteroatoms. The highest BCUT2D eigenvalue weighted by atomic mass is 28.2. The van der Waals surface area contributed by atoms with E-state index in [9.17, 15) is 4.80 Å². The Morgan fingerprint density at radius 2 is 1.41 bits per heavy atom. The minimum atomic E-state index is -0.894. The maximum Gasteiger partial charge on any atom is 0.163 e. The molecule has 1 aliphatic carbocycles. The molecule has 1 N–H and O–H groups in total. The fraction of sp³-hybridized carbons (Fsp3) is 1.00. The molecule has 1 unspecified atom stereocenters. The summed E-state index contributed by atoms with van der Waals surface area (Å²) in [6.45, 7) is 6.94. The third kappa shape index (κ3) is 2.95. The van der Waals surface area contributed by atoms with Gasteiger partial charge in [0.1, 0.15) is 0 Å². The van der Waals surface area contributed by atoms with Crippen molar-refractivity contribution in [3.05, 3.63) is 0 Å². The summed E-state index contributed by atoms with van der Waals surface area (Å²) >= 11 is 0. The lowest BCUT2D eigenvalue weighted by Gasteiger charge is -2.54. The largest absolute Gasteiger partial charge is 0.438 e. The summed E-state index contributed by atoms with van der Waals surface area (Å²) in [6.07, 6.45) is 13.3. The zero-order valence-electron chi connectivity index (χ0n) is 12.2. The quantitative estimate of drug-likeness (QED) is 0.677. The molecule has 0 bridgehead atoms. The van der Waals surface area contributed by atoms with Gasteiger partial charge in [-0.1, -0.05) is 52.9 Å². The second-order valence-electron chi connectivity index (χ2n) is 6.18. The van der Waals surface area contributed by atoms with Crippen LogP contribution in [0, 0.1) is 5.41 Å². The van der Waals surface area contributed by atoms with E-state index in [4.69, 9.17) is 0 Å². The van der Waals surface area contributed by atoms with Crippen molar-refractivity contribution in [1.82, 2.24) is 0 Å². The Kier molecular flexibility index (Phi) is 6.22. The van der Waals surface area contributed by atoms with Gasteiger partial charge in [-0.3, -0.25) is 0 Å². The highest BCUT2D eigenvalue weighted by molar-refractivity contribution is 6.31. The predicted molar refractivity (Wildman–Crippen MR) is 79.1 cm³/mol. The number of rotatable bonds is 7. The molecule has 1 atom stereocenters. The molecule has 1 saturated carbocycles. The minimum Gasteiger partial charge on any atom is -0.438 e. The zero-order chi connectivity index (χ0) is 12.8. The van der Waals surface area contributed by atoms with Gasteiger partial charge in [0.15, 0.2) is 9.76 Å². The van der Waals surface area contributed by atoms with Gasteiger partial charge in [0.2, 0.25) is 0 Å². The van der Waals surface area contributed by atoms with Crippen LogP contribution in [0.25, 0.3) is 0 Å². The Morgan fingerprint density at radius 1 is 0.882 bits per heavy atom. The zero-order valence-corrected chi connectivity index (χ0v) is 13.6. The lowest BCUT2D eigenvalue weighted by atomic mass is 9.59. The maximum absolute atomic E-state index is 10.2. The summed E-state index contributed by atoms with van der Waals surface area (Å²) in [5.41, 5.74) is 0.506. The first kappa shape index (κ1) is 15.2. The van der Waals surface area contributed by atoms with Crippen LogP contribution in [0.4, 0.5) is 0 Å². The van der Waals surface area contributed by atoms with Gasteiger partial charge in [0.05, 0.1) is 0 Å². The van der Waals surface area contributed by atoms with E-state index >= 15 is 0 Å². The van der Waals surface area contributed by atoms with Crippen LogP contribution in [0.1, 0.15) is 85.0 Å². The van der Waals surface area contributed by atoms with Gasteiger partial charge in [-0.05, 0) is 42.6 Å². The molecular weight excluding hydrogens is 224 g/mol. The van der Waals surface area contributed by atoms with Crippen LogP contribution in [-0.4, -0.2) is 14.6 Å². The van der Waals surface area contributed by atoms with Gasteiger partial charge in [0, 0.05) is 0 Å². The molecule has 0 aromatic heterocycles. The second-order valence-corrected chi connectivity index (χ2v) is 7.85. The van der Waals surface area contributed by atoms with Crippen molar-refractivity contribution in [2.75, 3.05) is 0 Å². The van der Waals surface area contributed by atoms with E-state index in [1.165, 1.54) is 64.2 Å². The first-order valence-electron chi connectivity index (χ1n) is 7.81. The predicted octanol–water partition coefficient (Wildman–Crippen LogP) is 4.18. The fourth-order valence-corrected chi connectivity index (χ4v) is 6.30. The van der Waals surface area contributed by atoms with Crippen molar-refractivity contribution in [3.63, 3.8) is 0 Å². The van der Waals surface area contributed by atoms with E-state index in [-0.39, 0.29) is 0 Å². The summed E-state index contributed by atoms with van der Waals surface area (Å²) in [7, 11) is -0.894. The van der Waals surface area contributed by atoms with E-state index in [0.29, 0.717) is 10.5 Å². The fourth-order valence-electron chi connectivity index (χ4n) is 4.51. The molecule has 0 amide bonds. The summed E-state index contributed by atoms with van der Waals surface area (Å²) in [5.74, 6) is 0. The average Bonchev–Trinajstić information content (AvgIpc) is 2.33. The van der Waals surface area contributed by atoms with Crippen molar-refractivity contribution < 1.29 is 4.80 Å². The molecule has 1 aliphatic rings. The third-order valence-electron chi connectivity index (χ3n) is 5.17. The lowest BCUT2D eigenvalue weighted by Crippen LogP contribution is -2.43. The monoisotopic (exact) mass is 256 g/mol. The van der Waals surface area contributed by atoms with Crippen molar-refractivity contribution in [2.24, 2.45) is 5.41 Å². The molecule has 0 radical (unpaired) electrons. The maximum atomic E-state index is 10.2. The standard InChI is InChI=1S/C15H32OSi/c1-4-9-14(10-5-2)12-7-8-13-15(14,17-16)11-6-3/h16H,4-13,17H2,1-3H3. The Morgan fingerprint density at radius 3 is 1.88 bits per heavy atom. The summed E-state index contributed by atoms with van der Waals surface area (Å²) < 4.78 is 0. The average molecular weight is 257 g/mol. The molecule has 1 nitrogen and oxygen atoms in total. The van der Waals surface area contributed by atoms with E-state index < -0.39 is 9.76 Å². The molecule has 102 valence electrons. The van der Waals surface area contributed by atoms with E-state index in [1.807, 2.05) is 0 Å². The highest BCUT2D eigenvalue weighted by Gasteiger charge is 2.50. The molecule has 1 fully saturated rings. The van der Waals surface area contributed by atoms with Crippen molar-refractivity contribution in [3.8, 4) is 0 Å². The van der Waals surface area contributed by atoms with E-state index in [2.05, 4.69) is 20.8 Å². The molecule has 17 heavy (non-hydrogen) atoms. The van der Waals surface area contributed by atoms with Crippen LogP contribution >= 0.6 is 0 Å². The molecule has 0 aromatic carbocycles. The molecule has 0 spiro atoms. The number of hydrogen-bond donors (Lipinski definition) is 1. The molecule has 1 rings (SSSR count). The smallest absolute Gasteiger partial charge is 0.163 e.